The Labute approximate surface area is 166 Å². The summed E-state index contributed by atoms with van der Waals surface area (Å²) in [5, 5.41) is 0.908. The van der Waals surface area contributed by atoms with Gasteiger partial charge in [0.15, 0.2) is 0 Å². The summed E-state index contributed by atoms with van der Waals surface area (Å²) in [4.78, 5) is 12.3. The Morgan fingerprint density at radius 2 is 1.75 bits per heavy atom. The molecule has 0 saturated carbocycles. The van der Waals surface area contributed by atoms with Crippen molar-refractivity contribution in [1.29, 1.82) is 0 Å². The van der Waals surface area contributed by atoms with E-state index in [0.717, 1.165) is 29.5 Å². The van der Waals surface area contributed by atoms with E-state index in [2.05, 4.69) is 32.9 Å². The predicted molar refractivity (Wildman–Crippen MR) is 116 cm³/mol. The molecule has 0 bridgehead atoms. The molecule has 3 aromatic rings. The van der Waals surface area contributed by atoms with Crippen molar-refractivity contribution in [3.05, 3.63) is 88.3 Å². The van der Waals surface area contributed by atoms with Crippen LogP contribution in [-0.2, 0) is 0 Å². The summed E-state index contributed by atoms with van der Waals surface area (Å²) < 4.78 is 11.2. The van der Waals surface area contributed by atoms with Gasteiger partial charge in [0.05, 0.1) is 5.56 Å². The van der Waals surface area contributed by atoms with E-state index in [9.17, 15) is 4.79 Å². The minimum absolute atomic E-state index is 0.331. The maximum atomic E-state index is 12.3. The van der Waals surface area contributed by atoms with Gasteiger partial charge in [0.25, 0.3) is 0 Å². The van der Waals surface area contributed by atoms with Crippen LogP contribution in [-0.4, -0.2) is 6.61 Å². The Morgan fingerprint density at radius 1 is 1.00 bits per heavy atom. The average molecular weight is 374 g/mol. The number of ether oxygens (including phenoxy) is 1. The van der Waals surface area contributed by atoms with Gasteiger partial charge in [0, 0.05) is 5.39 Å². The summed E-state index contributed by atoms with van der Waals surface area (Å²) in [6, 6.07) is 16.9. The van der Waals surface area contributed by atoms with Crippen molar-refractivity contribution in [2.45, 2.75) is 33.6 Å². The summed E-state index contributed by atoms with van der Waals surface area (Å²) in [7, 11) is 0. The number of hydrogen-bond acceptors (Lipinski definition) is 3. The van der Waals surface area contributed by atoms with Crippen LogP contribution >= 0.6 is 0 Å². The molecule has 28 heavy (non-hydrogen) atoms. The highest BCUT2D eigenvalue weighted by Gasteiger charge is 2.07. The zero-order valence-corrected chi connectivity index (χ0v) is 16.7. The van der Waals surface area contributed by atoms with Crippen LogP contribution in [0.1, 0.15) is 33.6 Å². The molecule has 0 atom stereocenters. The van der Waals surface area contributed by atoms with E-state index >= 15 is 0 Å². The monoisotopic (exact) mass is 374 g/mol. The molecular weight excluding hydrogens is 348 g/mol. The van der Waals surface area contributed by atoms with Crippen molar-refractivity contribution in [2.24, 2.45) is 0 Å². The number of allylic oxidation sites excluding steroid dienone is 3. The van der Waals surface area contributed by atoms with Crippen LogP contribution in [0.25, 0.3) is 22.1 Å². The molecule has 0 saturated heterocycles. The molecule has 0 fully saturated rings. The Bertz CT molecular complexity index is 1050. The van der Waals surface area contributed by atoms with Crippen molar-refractivity contribution in [1.82, 2.24) is 0 Å². The number of rotatable bonds is 7. The van der Waals surface area contributed by atoms with Crippen LogP contribution in [0.3, 0.4) is 0 Å². The van der Waals surface area contributed by atoms with Crippen molar-refractivity contribution in [3.63, 3.8) is 0 Å². The van der Waals surface area contributed by atoms with E-state index in [1.54, 1.807) is 6.07 Å². The molecule has 0 spiro atoms. The van der Waals surface area contributed by atoms with Gasteiger partial charge >= 0.3 is 5.63 Å². The standard InChI is InChI=1S/C25H26O3/c1-18(2)7-6-8-19(3)15-16-27-22-13-11-20(12-14-22)23-17-21-9-4-5-10-24(21)28-25(23)26/h4-5,7,9-15,17H,6,8,16H2,1-3H3. The molecule has 144 valence electrons. The molecule has 0 aliphatic rings. The summed E-state index contributed by atoms with van der Waals surface area (Å²) in [6.45, 7) is 6.91. The van der Waals surface area contributed by atoms with Crippen LogP contribution in [0, 0.1) is 0 Å². The first-order valence-electron chi connectivity index (χ1n) is 9.58. The topological polar surface area (TPSA) is 39.4 Å². The van der Waals surface area contributed by atoms with Crippen LogP contribution in [0.15, 0.2) is 87.1 Å². The molecule has 2 aromatic carbocycles. The summed E-state index contributed by atoms with van der Waals surface area (Å²) in [5.41, 5.74) is 4.32. The largest absolute Gasteiger partial charge is 0.490 e. The second kappa shape index (κ2) is 9.23. The zero-order chi connectivity index (χ0) is 19.9. The van der Waals surface area contributed by atoms with Gasteiger partial charge in [-0.3, -0.25) is 0 Å². The molecule has 0 amide bonds. The van der Waals surface area contributed by atoms with E-state index in [4.69, 9.17) is 9.15 Å². The van der Waals surface area contributed by atoms with Gasteiger partial charge in [0.1, 0.15) is 17.9 Å². The number of benzene rings is 2. The first kappa shape index (κ1) is 19.7. The van der Waals surface area contributed by atoms with E-state index in [-0.39, 0.29) is 5.63 Å². The van der Waals surface area contributed by atoms with Crippen molar-refractivity contribution < 1.29 is 9.15 Å². The molecule has 1 heterocycles. The Kier molecular flexibility index (Phi) is 6.49. The molecule has 0 unspecified atom stereocenters. The third-order valence-electron chi connectivity index (χ3n) is 4.58. The fourth-order valence-corrected chi connectivity index (χ4v) is 2.96. The van der Waals surface area contributed by atoms with E-state index in [1.165, 1.54) is 11.1 Å². The predicted octanol–water partition coefficient (Wildman–Crippen LogP) is 6.53. The second-order valence-corrected chi connectivity index (χ2v) is 7.19. The van der Waals surface area contributed by atoms with Crippen LogP contribution < -0.4 is 10.4 Å². The highest BCUT2D eigenvalue weighted by molar-refractivity contribution is 5.81. The smallest absolute Gasteiger partial charge is 0.344 e. The third-order valence-corrected chi connectivity index (χ3v) is 4.58. The lowest BCUT2D eigenvalue weighted by Crippen LogP contribution is -2.02. The van der Waals surface area contributed by atoms with Gasteiger partial charge in [-0.2, -0.15) is 0 Å². The SMILES string of the molecule is CC(C)=CCCC(C)=CCOc1ccc(-c2cc3ccccc3oc2=O)cc1. The lowest BCUT2D eigenvalue weighted by Gasteiger charge is -2.06. The molecule has 3 nitrogen and oxygen atoms in total. The Morgan fingerprint density at radius 3 is 2.50 bits per heavy atom. The van der Waals surface area contributed by atoms with Crippen molar-refractivity contribution >= 4 is 11.0 Å². The van der Waals surface area contributed by atoms with Crippen molar-refractivity contribution in [3.8, 4) is 16.9 Å². The van der Waals surface area contributed by atoms with Crippen LogP contribution in [0.2, 0.25) is 0 Å². The Balaban J connectivity index is 1.65. The van der Waals surface area contributed by atoms with Gasteiger partial charge in [0.2, 0.25) is 0 Å². The van der Waals surface area contributed by atoms with Gasteiger partial charge in [-0.05, 0) is 69.5 Å². The lowest BCUT2D eigenvalue weighted by atomic mass is 10.1. The van der Waals surface area contributed by atoms with Gasteiger partial charge in [-0.15, -0.1) is 0 Å². The number of para-hydroxylation sites is 1. The second-order valence-electron chi connectivity index (χ2n) is 7.19. The third kappa shape index (κ3) is 5.23. The zero-order valence-electron chi connectivity index (χ0n) is 16.7. The fraction of sp³-hybridized carbons (Fsp3) is 0.240. The first-order chi connectivity index (χ1) is 13.5. The molecular formula is C25H26O3. The molecule has 0 aliphatic heterocycles. The van der Waals surface area contributed by atoms with E-state index in [0.29, 0.717) is 17.8 Å². The van der Waals surface area contributed by atoms with E-state index < -0.39 is 0 Å². The highest BCUT2D eigenvalue weighted by atomic mass is 16.5. The highest BCUT2D eigenvalue weighted by Crippen LogP contribution is 2.23. The lowest BCUT2D eigenvalue weighted by molar-refractivity contribution is 0.361. The van der Waals surface area contributed by atoms with Gasteiger partial charge < -0.3 is 9.15 Å². The molecule has 0 aliphatic carbocycles. The Hall–Kier alpha value is -3.07. The van der Waals surface area contributed by atoms with Crippen LogP contribution in [0.5, 0.6) is 5.75 Å². The summed E-state index contributed by atoms with van der Waals surface area (Å²) >= 11 is 0. The number of hydrogen-bond donors (Lipinski definition) is 0. The van der Waals surface area contributed by atoms with Crippen molar-refractivity contribution in [2.75, 3.05) is 6.61 Å². The molecule has 0 N–H and O–H groups in total. The molecule has 0 radical (unpaired) electrons. The quantitative estimate of drug-likeness (QED) is 0.348. The fourth-order valence-electron chi connectivity index (χ4n) is 2.96. The summed E-state index contributed by atoms with van der Waals surface area (Å²) in [6.07, 6.45) is 6.48. The molecule has 1 aromatic heterocycles. The van der Waals surface area contributed by atoms with Gasteiger partial charge in [-0.1, -0.05) is 47.6 Å². The molecule has 3 heteroatoms. The minimum Gasteiger partial charge on any atom is -0.490 e. The normalized spacial score (nSPS) is 11.5. The maximum absolute atomic E-state index is 12.3. The maximum Gasteiger partial charge on any atom is 0.344 e. The van der Waals surface area contributed by atoms with Gasteiger partial charge in [-0.25, -0.2) is 4.79 Å². The number of fused-ring (bicyclic) bond motifs is 1. The van der Waals surface area contributed by atoms with E-state index in [1.807, 2.05) is 48.5 Å². The average Bonchev–Trinajstić information content (AvgIpc) is 2.68. The first-order valence-corrected chi connectivity index (χ1v) is 9.58. The summed E-state index contributed by atoms with van der Waals surface area (Å²) in [5.74, 6) is 0.780. The minimum atomic E-state index is -0.331. The van der Waals surface area contributed by atoms with Crippen LogP contribution in [0.4, 0.5) is 0 Å². The molecule has 3 rings (SSSR count).